The Balaban J connectivity index is 1.59. The van der Waals surface area contributed by atoms with Crippen LogP contribution in [0.1, 0.15) is 22.8 Å². The van der Waals surface area contributed by atoms with Crippen molar-refractivity contribution in [3.63, 3.8) is 0 Å². The van der Waals surface area contributed by atoms with Crippen LogP contribution in [0.25, 0.3) is 17.5 Å². The average molecular weight is 344 g/mol. The SMILES string of the molecule is Cc1nn(C)c(C)c1/C=C/C(=O)OCc1nc(-c2ccsc2)no1. The molecule has 3 aromatic heterocycles. The highest BCUT2D eigenvalue weighted by Crippen LogP contribution is 2.19. The van der Waals surface area contributed by atoms with E-state index in [2.05, 4.69) is 15.2 Å². The van der Waals surface area contributed by atoms with E-state index in [-0.39, 0.29) is 12.5 Å². The number of ether oxygens (including phenoxy) is 1. The maximum atomic E-state index is 11.8. The normalized spacial score (nSPS) is 11.3. The maximum absolute atomic E-state index is 11.8. The van der Waals surface area contributed by atoms with E-state index in [9.17, 15) is 4.79 Å². The molecule has 3 heterocycles. The van der Waals surface area contributed by atoms with E-state index in [1.54, 1.807) is 22.1 Å². The molecule has 3 aromatic rings. The zero-order valence-electron chi connectivity index (χ0n) is 13.5. The van der Waals surface area contributed by atoms with Gasteiger partial charge >= 0.3 is 5.97 Å². The molecule has 0 bridgehead atoms. The minimum absolute atomic E-state index is 0.0642. The van der Waals surface area contributed by atoms with Gasteiger partial charge in [-0.25, -0.2) is 4.79 Å². The van der Waals surface area contributed by atoms with Crippen molar-refractivity contribution in [2.75, 3.05) is 0 Å². The first kappa shape index (κ1) is 16.1. The second-order valence-electron chi connectivity index (χ2n) is 5.17. The van der Waals surface area contributed by atoms with Gasteiger partial charge in [-0.05, 0) is 31.4 Å². The van der Waals surface area contributed by atoms with Gasteiger partial charge in [0.2, 0.25) is 5.82 Å². The van der Waals surface area contributed by atoms with Crippen molar-refractivity contribution in [3.8, 4) is 11.4 Å². The molecule has 0 aliphatic rings. The third kappa shape index (κ3) is 3.43. The molecule has 0 atom stereocenters. The third-order valence-corrected chi connectivity index (χ3v) is 4.22. The van der Waals surface area contributed by atoms with E-state index in [4.69, 9.17) is 9.26 Å². The summed E-state index contributed by atoms with van der Waals surface area (Å²) in [6.45, 7) is 3.77. The molecule has 0 radical (unpaired) electrons. The number of thiophene rings is 1. The summed E-state index contributed by atoms with van der Waals surface area (Å²) in [5, 5.41) is 12.0. The van der Waals surface area contributed by atoms with Crippen LogP contribution in [0.15, 0.2) is 27.4 Å². The molecule has 0 spiro atoms. The minimum Gasteiger partial charge on any atom is -0.452 e. The average Bonchev–Trinajstić information content (AvgIpc) is 3.27. The molecule has 0 fully saturated rings. The van der Waals surface area contributed by atoms with Crippen LogP contribution in [0.4, 0.5) is 0 Å². The number of hydrogen-bond donors (Lipinski definition) is 0. The number of hydrogen-bond acceptors (Lipinski definition) is 7. The lowest BCUT2D eigenvalue weighted by Gasteiger charge is -1.97. The Morgan fingerprint density at radius 3 is 2.96 bits per heavy atom. The van der Waals surface area contributed by atoms with Gasteiger partial charge in [0.15, 0.2) is 6.61 Å². The molecule has 0 aromatic carbocycles. The number of aryl methyl sites for hydroxylation is 2. The first-order valence-electron chi connectivity index (χ1n) is 7.25. The fourth-order valence-electron chi connectivity index (χ4n) is 2.19. The van der Waals surface area contributed by atoms with Gasteiger partial charge in [-0.2, -0.15) is 21.4 Å². The molecule has 8 heteroatoms. The van der Waals surface area contributed by atoms with Crippen molar-refractivity contribution in [2.24, 2.45) is 7.05 Å². The molecule has 0 saturated carbocycles. The van der Waals surface area contributed by atoms with Gasteiger partial charge in [-0.15, -0.1) is 0 Å². The highest BCUT2D eigenvalue weighted by Gasteiger charge is 2.11. The standard InChI is InChI=1S/C16H16N4O3S/c1-10-13(11(2)20(3)18-10)4-5-15(21)22-8-14-17-16(19-23-14)12-6-7-24-9-12/h4-7,9H,8H2,1-3H3/b5-4+. The Hall–Kier alpha value is -2.74. The highest BCUT2D eigenvalue weighted by atomic mass is 32.1. The summed E-state index contributed by atoms with van der Waals surface area (Å²) < 4.78 is 12.0. The largest absolute Gasteiger partial charge is 0.452 e. The lowest BCUT2D eigenvalue weighted by molar-refractivity contribution is -0.139. The summed E-state index contributed by atoms with van der Waals surface area (Å²) >= 11 is 1.55. The van der Waals surface area contributed by atoms with Crippen molar-refractivity contribution < 1.29 is 14.1 Å². The van der Waals surface area contributed by atoms with Gasteiger partial charge < -0.3 is 9.26 Å². The summed E-state index contributed by atoms with van der Waals surface area (Å²) in [7, 11) is 1.86. The number of rotatable bonds is 5. The fraction of sp³-hybridized carbons (Fsp3) is 0.250. The monoisotopic (exact) mass is 344 g/mol. The molecule has 3 rings (SSSR count). The quantitative estimate of drug-likeness (QED) is 0.523. The van der Waals surface area contributed by atoms with E-state index in [0.29, 0.717) is 5.82 Å². The Labute approximate surface area is 142 Å². The molecule has 0 unspecified atom stereocenters. The predicted molar refractivity (Wildman–Crippen MR) is 89.1 cm³/mol. The number of esters is 1. The number of aromatic nitrogens is 4. The van der Waals surface area contributed by atoms with Crippen molar-refractivity contribution >= 4 is 23.4 Å². The van der Waals surface area contributed by atoms with Gasteiger partial charge in [0.1, 0.15) is 0 Å². The predicted octanol–water partition coefficient (Wildman–Crippen LogP) is 2.91. The molecule has 124 valence electrons. The van der Waals surface area contributed by atoms with Crippen LogP contribution in [0.3, 0.4) is 0 Å². The van der Waals surface area contributed by atoms with Gasteiger partial charge in [-0.3, -0.25) is 4.68 Å². The maximum Gasteiger partial charge on any atom is 0.331 e. The Bertz CT molecular complexity index is 877. The van der Waals surface area contributed by atoms with Crippen molar-refractivity contribution in [1.82, 2.24) is 19.9 Å². The van der Waals surface area contributed by atoms with Gasteiger partial charge in [0.25, 0.3) is 5.89 Å². The molecule has 0 aliphatic carbocycles. The van der Waals surface area contributed by atoms with Gasteiger partial charge in [-0.1, -0.05) is 5.16 Å². The Morgan fingerprint density at radius 2 is 2.29 bits per heavy atom. The van der Waals surface area contributed by atoms with Crippen molar-refractivity contribution in [3.05, 3.63) is 45.7 Å². The van der Waals surface area contributed by atoms with Crippen molar-refractivity contribution in [2.45, 2.75) is 20.5 Å². The molecule has 7 nitrogen and oxygen atoms in total. The van der Waals surface area contributed by atoms with Gasteiger partial charge in [0.05, 0.1) is 5.69 Å². The fourth-order valence-corrected chi connectivity index (χ4v) is 2.82. The number of nitrogens with zero attached hydrogens (tertiary/aromatic N) is 4. The smallest absolute Gasteiger partial charge is 0.331 e. The summed E-state index contributed by atoms with van der Waals surface area (Å²) in [4.78, 5) is 16.0. The van der Waals surface area contributed by atoms with Crippen LogP contribution in [0.2, 0.25) is 0 Å². The lowest BCUT2D eigenvalue weighted by Crippen LogP contribution is -2.01. The first-order valence-corrected chi connectivity index (χ1v) is 8.19. The molecular weight excluding hydrogens is 328 g/mol. The summed E-state index contributed by atoms with van der Waals surface area (Å²) in [5.74, 6) is 0.263. The zero-order valence-corrected chi connectivity index (χ0v) is 14.3. The second kappa shape index (κ2) is 6.79. The Kier molecular flexibility index (Phi) is 4.57. The van der Waals surface area contributed by atoms with Crippen LogP contribution >= 0.6 is 11.3 Å². The van der Waals surface area contributed by atoms with Crippen LogP contribution < -0.4 is 0 Å². The van der Waals surface area contributed by atoms with Crippen LogP contribution in [0, 0.1) is 13.8 Å². The molecular formula is C16H16N4O3S. The van der Waals surface area contributed by atoms with E-state index < -0.39 is 5.97 Å². The summed E-state index contributed by atoms with van der Waals surface area (Å²) in [6.07, 6.45) is 3.07. The molecule has 24 heavy (non-hydrogen) atoms. The third-order valence-electron chi connectivity index (χ3n) is 3.54. The molecule has 0 N–H and O–H groups in total. The van der Waals surface area contributed by atoms with E-state index in [0.717, 1.165) is 22.5 Å². The highest BCUT2D eigenvalue weighted by molar-refractivity contribution is 7.08. The van der Waals surface area contributed by atoms with Crippen molar-refractivity contribution in [1.29, 1.82) is 0 Å². The van der Waals surface area contributed by atoms with E-state index >= 15 is 0 Å². The van der Waals surface area contributed by atoms with E-state index in [1.165, 1.54) is 6.08 Å². The molecule has 0 aliphatic heterocycles. The minimum atomic E-state index is -0.479. The number of carbonyl (C=O) groups is 1. The summed E-state index contributed by atoms with van der Waals surface area (Å²) in [6, 6.07) is 1.90. The topological polar surface area (TPSA) is 83.0 Å². The van der Waals surface area contributed by atoms with Crippen LogP contribution in [0.5, 0.6) is 0 Å². The molecule has 0 amide bonds. The Morgan fingerprint density at radius 1 is 1.46 bits per heavy atom. The first-order chi connectivity index (χ1) is 11.5. The number of carbonyl (C=O) groups excluding carboxylic acids is 1. The van der Waals surface area contributed by atoms with E-state index in [1.807, 2.05) is 37.7 Å². The second-order valence-corrected chi connectivity index (χ2v) is 5.95. The van der Waals surface area contributed by atoms with Crippen LogP contribution in [-0.4, -0.2) is 25.9 Å². The van der Waals surface area contributed by atoms with Gasteiger partial charge in [0, 0.05) is 35.3 Å². The molecule has 0 saturated heterocycles. The summed E-state index contributed by atoms with van der Waals surface area (Å²) in [5.41, 5.74) is 3.63. The zero-order chi connectivity index (χ0) is 17.1. The van der Waals surface area contributed by atoms with Crippen LogP contribution in [-0.2, 0) is 23.2 Å². The lowest BCUT2D eigenvalue weighted by atomic mass is 10.2.